The summed E-state index contributed by atoms with van der Waals surface area (Å²) in [6, 6.07) is 17.9. The highest BCUT2D eigenvalue weighted by Gasteiger charge is 2.40. The minimum Gasteiger partial charge on any atom is -0.491 e. The number of ether oxygens (including phenoxy) is 1. The quantitative estimate of drug-likeness (QED) is 0.411. The van der Waals surface area contributed by atoms with Crippen molar-refractivity contribution in [3.05, 3.63) is 80.8 Å². The number of thiophene rings is 1. The number of benzene rings is 2. The highest BCUT2D eigenvalue weighted by atomic mass is 35.5. The first-order valence-corrected chi connectivity index (χ1v) is 11.4. The average molecular weight is 456 g/mol. The monoisotopic (exact) mass is 455 g/mol. The predicted octanol–water partition coefficient (Wildman–Crippen LogP) is 6.27. The summed E-state index contributed by atoms with van der Waals surface area (Å²) in [5.41, 5.74) is 0.944. The summed E-state index contributed by atoms with van der Waals surface area (Å²) in [6.07, 6.45) is 0.0420. The first-order chi connectivity index (χ1) is 14.4. The van der Waals surface area contributed by atoms with Crippen LogP contribution in [0.25, 0.3) is 5.57 Å². The van der Waals surface area contributed by atoms with E-state index in [2.05, 4.69) is 0 Å². The zero-order valence-corrected chi connectivity index (χ0v) is 18.7. The van der Waals surface area contributed by atoms with Gasteiger partial charge in [0.25, 0.3) is 11.8 Å². The van der Waals surface area contributed by atoms with Crippen molar-refractivity contribution in [2.24, 2.45) is 0 Å². The zero-order valence-electron chi connectivity index (χ0n) is 16.3. The van der Waals surface area contributed by atoms with E-state index in [0.717, 1.165) is 9.77 Å². The molecule has 0 atom stereocenters. The van der Waals surface area contributed by atoms with Gasteiger partial charge in [0.1, 0.15) is 5.75 Å². The van der Waals surface area contributed by atoms with Crippen LogP contribution >= 0.6 is 34.7 Å². The Hall–Kier alpha value is -2.54. The maximum atomic E-state index is 13.3. The van der Waals surface area contributed by atoms with Gasteiger partial charge in [0, 0.05) is 14.8 Å². The van der Waals surface area contributed by atoms with Gasteiger partial charge in [-0.2, -0.15) is 0 Å². The molecular formula is C23H18ClNO3S2. The van der Waals surface area contributed by atoms with E-state index < -0.39 is 0 Å². The fraction of sp³-hybridized carbons (Fsp3) is 0.130. The summed E-state index contributed by atoms with van der Waals surface area (Å²) in [4.78, 5) is 29.9. The molecule has 30 heavy (non-hydrogen) atoms. The Balaban J connectivity index is 1.70. The maximum absolute atomic E-state index is 13.3. The van der Waals surface area contributed by atoms with Crippen molar-refractivity contribution in [3.8, 4) is 5.75 Å². The Morgan fingerprint density at radius 1 is 0.967 bits per heavy atom. The Labute approximate surface area is 188 Å². The molecule has 0 radical (unpaired) electrons. The summed E-state index contributed by atoms with van der Waals surface area (Å²) in [5.74, 6) is 0.0346. The molecule has 1 aromatic heterocycles. The molecule has 0 unspecified atom stereocenters. The molecule has 4 nitrogen and oxygen atoms in total. The highest BCUT2D eigenvalue weighted by Crippen LogP contribution is 2.42. The van der Waals surface area contributed by atoms with Gasteiger partial charge < -0.3 is 4.74 Å². The van der Waals surface area contributed by atoms with Gasteiger partial charge in [0.05, 0.1) is 22.3 Å². The van der Waals surface area contributed by atoms with Crippen LogP contribution in [0.15, 0.2) is 75.8 Å². The summed E-state index contributed by atoms with van der Waals surface area (Å²) in [6.45, 7) is 3.89. The number of anilines is 1. The van der Waals surface area contributed by atoms with Crippen molar-refractivity contribution in [2.75, 3.05) is 4.90 Å². The largest absolute Gasteiger partial charge is 0.491 e. The standard InChI is InChI=1S/C23H18ClNO3S2/c1-14(2)28-17-9-7-16(8-10-17)25-22(26)20(19-4-3-13-29-19)21(23(25)27)30-18-11-5-15(24)6-12-18/h3-14H,1-2H3. The molecule has 0 saturated carbocycles. The Bertz CT molecular complexity index is 1100. The predicted molar refractivity (Wildman–Crippen MR) is 123 cm³/mol. The fourth-order valence-corrected chi connectivity index (χ4v) is 4.99. The van der Waals surface area contributed by atoms with E-state index in [9.17, 15) is 9.59 Å². The van der Waals surface area contributed by atoms with Crippen LogP contribution in [0, 0.1) is 0 Å². The van der Waals surface area contributed by atoms with Gasteiger partial charge in [-0.15, -0.1) is 11.3 Å². The lowest BCUT2D eigenvalue weighted by atomic mass is 10.2. The molecule has 2 amide bonds. The molecule has 1 aliphatic heterocycles. The molecule has 2 heterocycles. The molecule has 2 aromatic carbocycles. The lowest BCUT2D eigenvalue weighted by molar-refractivity contribution is -0.119. The van der Waals surface area contributed by atoms with Gasteiger partial charge in [0.15, 0.2) is 0 Å². The average Bonchev–Trinajstić information content (AvgIpc) is 3.31. The molecule has 0 fully saturated rings. The second-order valence-electron chi connectivity index (χ2n) is 6.84. The van der Waals surface area contributed by atoms with E-state index in [4.69, 9.17) is 16.3 Å². The van der Waals surface area contributed by atoms with Crippen LogP contribution in [0.1, 0.15) is 18.7 Å². The molecule has 0 saturated heterocycles. The normalized spacial score (nSPS) is 14.2. The second kappa shape index (κ2) is 8.68. The van der Waals surface area contributed by atoms with E-state index in [1.54, 1.807) is 36.4 Å². The van der Waals surface area contributed by atoms with Crippen molar-refractivity contribution < 1.29 is 14.3 Å². The lowest BCUT2D eigenvalue weighted by Gasteiger charge is -2.16. The minimum absolute atomic E-state index is 0.0420. The summed E-state index contributed by atoms with van der Waals surface area (Å²) >= 11 is 8.69. The van der Waals surface area contributed by atoms with Crippen molar-refractivity contribution in [1.82, 2.24) is 0 Å². The topological polar surface area (TPSA) is 46.6 Å². The molecular weight excluding hydrogens is 438 g/mol. The second-order valence-corrected chi connectivity index (χ2v) is 9.31. The SMILES string of the molecule is CC(C)Oc1ccc(N2C(=O)C(Sc3ccc(Cl)cc3)=C(c3cccs3)C2=O)cc1. The lowest BCUT2D eigenvalue weighted by Crippen LogP contribution is -2.31. The van der Waals surface area contributed by atoms with Crippen LogP contribution in [0.5, 0.6) is 5.75 Å². The third-order valence-electron chi connectivity index (χ3n) is 4.31. The number of hydrogen-bond donors (Lipinski definition) is 0. The zero-order chi connectivity index (χ0) is 21.3. The summed E-state index contributed by atoms with van der Waals surface area (Å²) in [7, 11) is 0. The number of hydrogen-bond acceptors (Lipinski definition) is 5. The highest BCUT2D eigenvalue weighted by molar-refractivity contribution is 8.04. The van der Waals surface area contributed by atoms with Crippen LogP contribution < -0.4 is 9.64 Å². The number of amides is 2. The van der Waals surface area contributed by atoms with Crippen LogP contribution in [-0.2, 0) is 9.59 Å². The van der Waals surface area contributed by atoms with Gasteiger partial charge in [0.2, 0.25) is 0 Å². The molecule has 0 N–H and O–H groups in total. The number of imide groups is 1. The van der Waals surface area contributed by atoms with Gasteiger partial charge >= 0.3 is 0 Å². The number of carbonyl (C=O) groups is 2. The van der Waals surface area contributed by atoms with Crippen molar-refractivity contribution >= 4 is 57.8 Å². The van der Waals surface area contributed by atoms with E-state index in [1.807, 2.05) is 43.5 Å². The Kier molecular flexibility index (Phi) is 5.99. The number of carbonyl (C=O) groups excluding carboxylic acids is 2. The van der Waals surface area contributed by atoms with E-state index in [1.165, 1.54) is 28.0 Å². The van der Waals surface area contributed by atoms with Crippen molar-refractivity contribution in [1.29, 1.82) is 0 Å². The summed E-state index contributed by atoms with van der Waals surface area (Å²) < 4.78 is 5.66. The molecule has 4 rings (SSSR count). The molecule has 1 aliphatic rings. The summed E-state index contributed by atoms with van der Waals surface area (Å²) in [5, 5.41) is 2.51. The molecule has 152 valence electrons. The number of rotatable bonds is 6. The van der Waals surface area contributed by atoms with Gasteiger partial charge in [-0.05, 0) is 73.8 Å². The van der Waals surface area contributed by atoms with Crippen LogP contribution in [-0.4, -0.2) is 17.9 Å². The Morgan fingerprint density at radius 2 is 1.67 bits per heavy atom. The molecule has 0 aliphatic carbocycles. The number of thioether (sulfide) groups is 1. The smallest absolute Gasteiger partial charge is 0.272 e. The number of halogens is 1. The van der Waals surface area contributed by atoms with Crippen molar-refractivity contribution in [3.63, 3.8) is 0 Å². The van der Waals surface area contributed by atoms with Gasteiger partial charge in [-0.25, -0.2) is 4.90 Å². The number of nitrogens with zero attached hydrogens (tertiary/aromatic N) is 1. The third-order valence-corrected chi connectivity index (χ3v) is 6.54. The third kappa shape index (κ3) is 4.17. The molecule has 7 heteroatoms. The van der Waals surface area contributed by atoms with E-state index in [0.29, 0.717) is 26.9 Å². The maximum Gasteiger partial charge on any atom is 0.272 e. The van der Waals surface area contributed by atoms with E-state index in [-0.39, 0.29) is 17.9 Å². The van der Waals surface area contributed by atoms with Crippen LogP contribution in [0.3, 0.4) is 0 Å². The fourth-order valence-electron chi connectivity index (χ4n) is 3.04. The first-order valence-electron chi connectivity index (χ1n) is 9.31. The van der Waals surface area contributed by atoms with Crippen LogP contribution in [0.4, 0.5) is 5.69 Å². The van der Waals surface area contributed by atoms with Crippen molar-refractivity contribution in [2.45, 2.75) is 24.8 Å². The van der Waals surface area contributed by atoms with Crippen LogP contribution in [0.2, 0.25) is 5.02 Å². The van der Waals surface area contributed by atoms with Gasteiger partial charge in [-0.3, -0.25) is 9.59 Å². The molecule has 0 bridgehead atoms. The Morgan fingerprint density at radius 3 is 2.27 bits per heavy atom. The first kappa shape index (κ1) is 20.7. The van der Waals surface area contributed by atoms with Gasteiger partial charge in [-0.1, -0.05) is 29.4 Å². The minimum atomic E-state index is -0.333. The van der Waals surface area contributed by atoms with E-state index >= 15 is 0 Å². The molecule has 0 spiro atoms. The molecule has 3 aromatic rings.